The number of likely N-dealkylation sites (tertiary alicyclic amines) is 1. The highest BCUT2D eigenvalue weighted by molar-refractivity contribution is 5.95. The van der Waals surface area contributed by atoms with Gasteiger partial charge in [-0.3, -0.25) is 4.79 Å². The first kappa shape index (κ1) is 21.3. The van der Waals surface area contributed by atoms with Crippen LogP contribution in [0.2, 0.25) is 0 Å². The van der Waals surface area contributed by atoms with Gasteiger partial charge in [0.1, 0.15) is 5.60 Å². The van der Waals surface area contributed by atoms with Gasteiger partial charge in [-0.05, 0) is 77.6 Å². The lowest BCUT2D eigenvalue weighted by molar-refractivity contribution is 0.0142. The summed E-state index contributed by atoms with van der Waals surface area (Å²) in [5.74, 6) is 1.07. The van der Waals surface area contributed by atoms with Crippen molar-refractivity contribution in [2.45, 2.75) is 71.1 Å². The molecule has 0 N–H and O–H groups in total. The molecule has 31 heavy (non-hydrogen) atoms. The van der Waals surface area contributed by atoms with Crippen molar-refractivity contribution < 1.29 is 18.8 Å². The van der Waals surface area contributed by atoms with Gasteiger partial charge in [-0.25, -0.2) is 4.79 Å². The van der Waals surface area contributed by atoms with Gasteiger partial charge in [-0.15, -0.1) is 0 Å². The Hall–Kier alpha value is -2.90. The number of aromatic nitrogens is 2. The number of rotatable bonds is 4. The first-order valence-electron chi connectivity index (χ1n) is 10.9. The highest BCUT2D eigenvalue weighted by Gasteiger charge is 2.39. The Morgan fingerprint density at radius 3 is 2.19 bits per heavy atom. The fraction of sp³-hybridized carbons (Fsp3) is 0.565. The second-order valence-corrected chi connectivity index (χ2v) is 9.37. The summed E-state index contributed by atoms with van der Waals surface area (Å²) < 4.78 is 10.7. The van der Waals surface area contributed by atoms with E-state index in [1.165, 1.54) is 0 Å². The fourth-order valence-corrected chi connectivity index (χ4v) is 3.95. The Morgan fingerprint density at radius 2 is 1.68 bits per heavy atom. The maximum absolute atomic E-state index is 13.3. The van der Waals surface area contributed by atoms with E-state index in [1.54, 1.807) is 11.8 Å². The van der Waals surface area contributed by atoms with Crippen molar-refractivity contribution in [3.05, 3.63) is 35.7 Å². The van der Waals surface area contributed by atoms with E-state index in [0.717, 1.165) is 31.2 Å². The van der Waals surface area contributed by atoms with Gasteiger partial charge >= 0.3 is 6.09 Å². The molecule has 0 unspecified atom stereocenters. The topological polar surface area (TPSA) is 88.8 Å². The van der Waals surface area contributed by atoms with E-state index in [-0.39, 0.29) is 18.0 Å². The maximum atomic E-state index is 13.3. The van der Waals surface area contributed by atoms with Crippen LogP contribution in [0.3, 0.4) is 0 Å². The fourth-order valence-electron chi connectivity index (χ4n) is 3.95. The molecule has 0 spiro atoms. The van der Waals surface area contributed by atoms with Crippen LogP contribution in [0.25, 0.3) is 11.5 Å². The Kier molecular flexibility index (Phi) is 5.73. The van der Waals surface area contributed by atoms with Crippen LogP contribution in [0.15, 0.2) is 28.8 Å². The standard InChI is InChI=1S/C23H30N4O4/c1-15-24-20(31-25-15)16-5-7-17(8-6-16)21(28)27(18-9-10-18)19-11-13-26(14-12-19)22(29)30-23(2,3)4/h5-8,18-19H,9-14H2,1-4H3. The number of carbonyl (C=O) groups excluding carboxylic acids is 2. The highest BCUT2D eigenvalue weighted by Crippen LogP contribution is 2.33. The van der Waals surface area contributed by atoms with Gasteiger partial charge in [0.25, 0.3) is 11.8 Å². The van der Waals surface area contributed by atoms with E-state index in [4.69, 9.17) is 9.26 Å². The van der Waals surface area contributed by atoms with Crippen molar-refractivity contribution >= 4 is 12.0 Å². The van der Waals surface area contributed by atoms with E-state index in [2.05, 4.69) is 10.1 Å². The summed E-state index contributed by atoms with van der Waals surface area (Å²) in [7, 11) is 0. The molecule has 166 valence electrons. The van der Waals surface area contributed by atoms with Crippen LogP contribution in [0.4, 0.5) is 4.79 Å². The zero-order valence-electron chi connectivity index (χ0n) is 18.6. The molecule has 2 aliphatic rings. The Bertz CT molecular complexity index is 935. The van der Waals surface area contributed by atoms with Gasteiger partial charge < -0.3 is 19.1 Å². The van der Waals surface area contributed by atoms with Gasteiger partial charge in [0.05, 0.1) is 0 Å². The smallest absolute Gasteiger partial charge is 0.410 e. The monoisotopic (exact) mass is 426 g/mol. The SMILES string of the molecule is Cc1noc(-c2ccc(C(=O)N(C3CC3)C3CCN(C(=O)OC(C)(C)C)CC3)cc2)n1. The molecule has 8 heteroatoms. The van der Waals surface area contributed by atoms with E-state index >= 15 is 0 Å². The molecule has 0 atom stereocenters. The zero-order valence-corrected chi connectivity index (χ0v) is 18.6. The second-order valence-electron chi connectivity index (χ2n) is 9.37. The summed E-state index contributed by atoms with van der Waals surface area (Å²) in [6, 6.07) is 7.76. The van der Waals surface area contributed by atoms with Crippen molar-refractivity contribution in [3.63, 3.8) is 0 Å². The Balaban J connectivity index is 1.41. The quantitative estimate of drug-likeness (QED) is 0.733. The third kappa shape index (κ3) is 5.06. The molecule has 1 saturated carbocycles. The van der Waals surface area contributed by atoms with Crippen LogP contribution in [0.1, 0.15) is 62.6 Å². The van der Waals surface area contributed by atoms with Crippen molar-refractivity contribution in [2.24, 2.45) is 0 Å². The van der Waals surface area contributed by atoms with Crippen LogP contribution < -0.4 is 0 Å². The zero-order chi connectivity index (χ0) is 22.2. The Morgan fingerprint density at radius 1 is 1.06 bits per heavy atom. The largest absolute Gasteiger partial charge is 0.444 e. The molecule has 0 bridgehead atoms. The minimum absolute atomic E-state index is 0.0477. The number of hydrogen-bond donors (Lipinski definition) is 0. The molecule has 2 fully saturated rings. The van der Waals surface area contributed by atoms with Crippen LogP contribution in [-0.2, 0) is 4.74 Å². The van der Waals surface area contributed by atoms with Gasteiger partial charge in [0.15, 0.2) is 5.82 Å². The average molecular weight is 427 g/mol. The predicted octanol–water partition coefficient (Wildman–Crippen LogP) is 4.05. The molecule has 0 radical (unpaired) electrons. The second kappa shape index (κ2) is 8.32. The number of aryl methyl sites for hydroxylation is 1. The van der Waals surface area contributed by atoms with Crippen LogP contribution in [0.5, 0.6) is 0 Å². The summed E-state index contributed by atoms with van der Waals surface area (Å²) in [6.07, 6.45) is 3.33. The van der Waals surface area contributed by atoms with Crippen molar-refractivity contribution in [1.29, 1.82) is 0 Å². The third-order valence-corrected chi connectivity index (χ3v) is 5.59. The van der Waals surface area contributed by atoms with E-state index in [9.17, 15) is 9.59 Å². The first-order chi connectivity index (χ1) is 14.7. The minimum Gasteiger partial charge on any atom is -0.444 e. The molecule has 1 aliphatic carbocycles. The molecular weight excluding hydrogens is 396 g/mol. The molecule has 8 nitrogen and oxygen atoms in total. The van der Waals surface area contributed by atoms with Crippen molar-refractivity contribution in [1.82, 2.24) is 19.9 Å². The minimum atomic E-state index is -0.504. The molecule has 1 aliphatic heterocycles. The summed E-state index contributed by atoms with van der Waals surface area (Å²) in [4.78, 5) is 33.7. The summed E-state index contributed by atoms with van der Waals surface area (Å²) >= 11 is 0. The molecule has 2 amide bonds. The van der Waals surface area contributed by atoms with Crippen LogP contribution in [-0.4, -0.2) is 62.7 Å². The molecular formula is C23H30N4O4. The molecule has 2 aromatic rings. The molecule has 2 heterocycles. The molecule has 4 rings (SSSR count). The molecule has 1 aromatic heterocycles. The van der Waals surface area contributed by atoms with Gasteiger partial charge in [-0.2, -0.15) is 4.98 Å². The molecule has 1 aromatic carbocycles. The van der Waals surface area contributed by atoms with Crippen molar-refractivity contribution in [2.75, 3.05) is 13.1 Å². The van der Waals surface area contributed by atoms with E-state index < -0.39 is 5.60 Å². The average Bonchev–Trinajstić information content (AvgIpc) is 3.46. The first-order valence-corrected chi connectivity index (χ1v) is 10.9. The number of benzene rings is 1. The van der Waals surface area contributed by atoms with Gasteiger partial charge in [0, 0.05) is 36.3 Å². The number of nitrogens with zero attached hydrogens (tertiary/aromatic N) is 4. The Labute approximate surface area is 182 Å². The lowest BCUT2D eigenvalue weighted by atomic mass is 10.0. The van der Waals surface area contributed by atoms with E-state index in [0.29, 0.717) is 36.4 Å². The third-order valence-electron chi connectivity index (χ3n) is 5.59. The highest BCUT2D eigenvalue weighted by atomic mass is 16.6. The maximum Gasteiger partial charge on any atom is 0.410 e. The summed E-state index contributed by atoms with van der Waals surface area (Å²) in [5, 5.41) is 3.81. The summed E-state index contributed by atoms with van der Waals surface area (Å²) in [6.45, 7) is 8.59. The normalized spacial score (nSPS) is 17.5. The number of piperidine rings is 1. The number of ether oxygens (including phenoxy) is 1. The lowest BCUT2D eigenvalue weighted by Gasteiger charge is -2.39. The van der Waals surface area contributed by atoms with Crippen LogP contribution in [0, 0.1) is 6.92 Å². The number of hydrogen-bond acceptors (Lipinski definition) is 6. The number of carbonyl (C=O) groups is 2. The number of amides is 2. The predicted molar refractivity (Wildman–Crippen MR) is 114 cm³/mol. The molecule has 1 saturated heterocycles. The van der Waals surface area contributed by atoms with Crippen LogP contribution >= 0.6 is 0 Å². The lowest BCUT2D eigenvalue weighted by Crippen LogP contribution is -2.50. The van der Waals surface area contributed by atoms with E-state index in [1.807, 2.05) is 49.9 Å². The van der Waals surface area contributed by atoms with Gasteiger partial charge in [0.2, 0.25) is 0 Å². The summed E-state index contributed by atoms with van der Waals surface area (Å²) in [5.41, 5.74) is 0.943. The van der Waals surface area contributed by atoms with Gasteiger partial charge in [-0.1, -0.05) is 5.16 Å². The van der Waals surface area contributed by atoms with Crippen molar-refractivity contribution in [3.8, 4) is 11.5 Å².